The molecule has 2 aromatic heterocycles. The number of nitrogens with one attached hydrogen (secondary N) is 1. The molecular formula is C24H21N5O2S. The number of nitrogens with zero attached hydrogens (tertiary/aromatic N) is 4. The maximum absolute atomic E-state index is 12.7. The first-order chi connectivity index (χ1) is 15.7. The van der Waals surface area contributed by atoms with Gasteiger partial charge in [0.15, 0.2) is 0 Å². The number of benzene rings is 2. The number of thiazole rings is 1. The molecular weight excluding hydrogens is 422 g/mol. The second-order valence-corrected chi connectivity index (χ2v) is 8.44. The molecule has 1 saturated heterocycles. The second kappa shape index (κ2) is 8.76. The molecule has 2 amide bonds. The summed E-state index contributed by atoms with van der Waals surface area (Å²) < 4.78 is 1.78. The molecule has 5 rings (SSSR count). The molecule has 7 nitrogen and oxygen atoms in total. The minimum absolute atomic E-state index is 0.00460. The van der Waals surface area contributed by atoms with E-state index in [1.807, 2.05) is 41.4 Å². The number of hydrogen-bond donors (Lipinski definition) is 1. The fourth-order valence-electron chi connectivity index (χ4n) is 3.69. The van der Waals surface area contributed by atoms with Crippen LogP contribution < -0.4 is 5.32 Å². The molecule has 1 fully saturated rings. The van der Waals surface area contributed by atoms with E-state index in [1.54, 1.807) is 40.5 Å². The molecule has 3 heterocycles. The minimum Gasteiger partial charge on any atom is -0.339 e. The SMILES string of the molecule is O=C(Nc1cccc(C(=O)N2CCCC2)c1)c1csc(-c2cnn(-c3ccccc3)c2)n1. The summed E-state index contributed by atoms with van der Waals surface area (Å²) >= 11 is 1.39. The van der Waals surface area contributed by atoms with Crippen LogP contribution in [0.1, 0.15) is 33.7 Å². The Kier molecular flexibility index (Phi) is 5.51. The highest BCUT2D eigenvalue weighted by molar-refractivity contribution is 7.13. The third-order valence-corrected chi connectivity index (χ3v) is 6.24. The molecule has 32 heavy (non-hydrogen) atoms. The first kappa shape index (κ1) is 20.1. The van der Waals surface area contributed by atoms with Crippen molar-refractivity contribution >= 4 is 28.8 Å². The van der Waals surface area contributed by atoms with Crippen molar-refractivity contribution in [3.05, 3.63) is 83.6 Å². The smallest absolute Gasteiger partial charge is 0.275 e. The van der Waals surface area contributed by atoms with Gasteiger partial charge in [0.05, 0.1) is 11.9 Å². The Hall–Kier alpha value is -3.78. The van der Waals surface area contributed by atoms with Gasteiger partial charge < -0.3 is 10.2 Å². The quantitative estimate of drug-likeness (QED) is 0.493. The maximum Gasteiger partial charge on any atom is 0.275 e. The summed E-state index contributed by atoms with van der Waals surface area (Å²) in [6.45, 7) is 1.58. The molecule has 0 bridgehead atoms. The number of amides is 2. The van der Waals surface area contributed by atoms with E-state index in [0.29, 0.717) is 16.9 Å². The first-order valence-electron chi connectivity index (χ1n) is 10.4. The van der Waals surface area contributed by atoms with Crippen molar-refractivity contribution in [1.29, 1.82) is 0 Å². The van der Waals surface area contributed by atoms with E-state index in [9.17, 15) is 9.59 Å². The molecule has 0 spiro atoms. The Morgan fingerprint density at radius 3 is 2.62 bits per heavy atom. The van der Waals surface area contributed by atoms with Gasteiger partial charge in [-0.15, -0.1) is 11.3 Å². The summed E-state index contributed by atoms with van der Waals surface area (Å²) in [6, 6.07) is 16.9. The van der Waals surface area contributed by atoms with E-state index in [-0.39, 0.29) is 11.8 Å². The number of aromatic nitrogens is 3. The highest BCUT2D eigenvalue weighted by Crippen LogP contribution is 2.25. The van der Waals surface area contributed by atoms with Gasteiger partial charge in [-0.05, 0) is 43.2 Å². The van der Waals surface area contributed by atoms with Crippen molar-refractivity contribution in [2.45, 2.75) is 12.8 Å². The zero-order valence-corrected chi connectivity index (χ0v) is 18.1. The van der Waals surface area contributed by atoms with E-state index < -0.39 is 0 Å². The lowest BCUT2D eigenvalue weighted by Crippen LogP contribution is -2.27. The van der Waals surface area contributed by atoms with Crippen LogP contribution in [-0.2, 0) is 0 Å². The first-order valence-corrected chi connectivity index (χ1v) is 11.3. The van der Waals surface area contributed by atoms with Crippen molar-refractivity contribution < 1.29 is 9.59 Å². The summed E-state index contributed by atoms with van der Waals surface area (Å²) in [5.41, 5.74) is 3.28. The van der Waals surface area contributed by atoms with Crippen LogP contribution in [0.25, 0.3) is 16.3 Å². The Labute approximate surface area is 189 Å². The van der Waals surface area contributed by atoms with Gasteiger partial charge in [-0.3, -0.25) is 9.59 Å². The minimum atomic E-state index is -0.311. The van der Waals surface area contributed by atoms with Crippen molar-refractivity contribution in [3.8, 4) is 16.3 Å². The van der Waals surface area contributed by atoms with E-state index >= 15 is 0 Å². The van der Waals surface area contributed by atoms with Gasteiger partial charge in [-0.25, -0.2) is 9.67 Å². The fraction of sp³-hybridized carbons (Fsp3) is 0.167. The van der Waals surface area contributed by atoms with Gasteiger partial charge in [-0.2, -0.15) is 5.10 Å². The average Bonchev–Trinajstić information content (AvgIpc) is 3.61. The molecule has 0 unspecified atom stereocenters. The number of rotatable bonds is 5. The van der Waals surface area contributed by atoms with Crippen LogP contribution in [0.2, 0.25) is 0 Å². The number of carbonyl (C=O) groups is 2. The third-order valence-electron chi connectivity index (χ3n) is 5.35. The lowest BCUT2D eigenvalue weighted by molar-refractivity contribution is 0.0792. The molecule has 160 valence electrons. The van der Waals surface area contributed by atoms with E-state index in [4.69, 9.17) is 0 Å². The van der Waals surface area contributed by atoms with Crippen molar-refractivity contribution in [2.75, 3.05) is 18.4 Å². The van der Waals surface area contributed by atoms with Crippen LogP contribution in [0.3, 0.4) is 0 Å². The van der Waals surface area contributed by atoms with Gasteiger partial charge in [0, 0.05) is 41.5 Å². The monoisotopic (exact) mass is 443 g/mol. The molecule has 1 aliphatic heterocycles. The molecule has 1 aliphatic rings. The molecule has 0 radical (unpaired) electrons. The van der Waals surface area contributed by atoms with E-state index in [0.717, 1.165) is 42.2 Å². The summed E-state index contributed by atoms with van der Waals surface area (Å²) in [7, 11) is 0. The van der Waals surface area contributed by atoms with Gasteiger partial charge in [-0.1, -0.05) is 24.3 Å². The molecule has 0 saturated carbocycles. The topological polar surface area (TPSA) is 80.1 Å². The van der Waals surface area contributed by atoms with Gasteiger partial charge in [0.1, 0.15) is 10.7 Å². The van der Waals surface area contributed by atoms with Crippen LogP contribution in [0.15, 0.2) is 72.4 Å². The van der Waals surface area contributed by atoms with Gasteiger partial charge in [0.25, 0.3) is 11.8 Å². The highest BCUT2D eigenvalue weighted by Gasteiger charge is 2.20. The number of carbonyl (C=O) groups excluding carboxylic acids is 2. The maximum atomic E-state index is 12.7. The van der Waals surface area contributed by atoms with Crippen molar-refractivity contribution in [1.82, 2.24) is 19.7 Å². The van der Waals surface area contributed by atoms with Crippen LogP contribution in [0.4, 0.5) is 5.69 Å². The fourth-order valence-corrected chi connectivity index (χ4v) is 4.47. The third kappa shape index (κ3) is 4.17. The number of hydrogen-bond acceptors (Lipinski definition) is 5. The van der Waals surface area contributed by atoms with Crippen LogP contribution in [0, 0.1) is 0 Å². The van der Waals surface area contributed by atoms with E-state index in [2.05, 4.69) is 15.4 Å². The molecule has 4 aromatic rings. The molecule has 2 aromatic carbocycles. The zero-order chi connectivity index (χ0) is 21.9. The predicted octanol–water partition coefficient (Wildman–Crippen LogP) is 4.48. The average molecular weight is 444 g/mol. The van der Waals surface area contributed by atoms with Crippen LogP contribution >= 0.6 is 11.3 Å². The highest BCUT2D eigenvalue weighted by atomic mass is 32.1. The standard InChI is InChI=1S/C24H21N5O2S/c30-22(26-19-8-6-7-17(13-19)24(31)28-11-4-5-12-28)21-16-32-23(27-21)18-14-25-29(15-18)20-9-2-1-3-10-20/h1-3,6-10,13-16H,4-5,11-12H2,(H,26,30). The predicted molar refractivity (Wildman–Crippen MR) is 124 cm³/mol. The lowest BCUT2D eigenvalue weighted by atomic mass is 10.1. The Morgan fingerprint density at radius 2 is 1.81 bits per heavy atom. The molecule has 8 heteroatoms. The molecule has 1 N–H and O–H groups in total. The summed E-state index contributed by atoms with van der Waals surface area (Å²) in [5, 5.41) is 9.69. The second-order valence-electron chi connectivity index (χ2n) is 7.58. The normalized spacial score (nSPS) is 13.3. The van der Waals surface area contributed by atoms with Crippen molar-refractivity contribution in [3.63, 3.8) is 0 Å². The Bertz CT molecular complexity index is 1260. The summed E-state index contributed by atoms with van der Waals surface area (Å²) in [4.78, 5) is 31.7. The molecule has 0 aliphatic carbocycles. The van der Waals surface area contributed by atoms with E-state index in [1.165, 1.54) is 11.3 Å². The lowest BCUT2D eigenvalue weighted by Gasteiger charge is -2.15. The van der Waals surface area contributed by atoms with Gasteiger partial charge in [0.2, 0.25) is 0 Å². The van der Waals surface area contributed by atoms with Crippen LogP contribution in [0.5, 0.6) is 0 Å². The molecule has 0 atom stereocenters. The number of anilines is 1. The number of para-hydroxylation sites is 1. The van der Waals surface area contributed by atoms with Crippen LogP contribution in [-0.4, -0.2) is 44.6 Å². The Morgan fingerprint density at radius 1 is 1.00 bits per heavy atom. The number of likely N-dealkylation sites (tertiary alicyclic amines) is 1. The van der Waals surface area contributed by atoms with Gasteiger partial charge >= 0.3 is 0 Å². The largest absolute Gasteiger partial charge is 0.339 e. The summed E-state index contributed by atoms with van der Waals surface area (Å²) in [6.07, 6.45) is 5.71. The van der Waals surface area contributed by atoms with Crippen molar-refractivity contribution in [2.24, 2.45) is 0 Å². The summed E-state index contributed by atoms with van der Waals surface area (Å²) in [5.74, 6) is -0.307. The zero-order valence-electron chi connectivity index (χ0n) is 17.3. The Balaban J connectivity index is 1.29.